The van der Waals surface area contributed by atoms with Crippen molar-refractivity contribution in [2.24, 2.45) is 0 Å². The molecule has 2 aromatic heterocycles. The maximum Gasteiger partial charge on any atom is 0.213 e. The number of halogens is 1. The standard InChI is InChI=1S/C23H22ClN7O/c24-19-3-1-2-4-20(19)29-23-25-9-10-31(23)22-15-21(26-16-27-22)28-17-5-7-18(8-6-17)30-11-13-32-14-12-30/h1-10,15-16H,11-14H2,(H,25,29)(H,26,27,28). The molecule has 1 aliphatic heterocycles. The number of hydrogen-bond acceptors (Lipinski definition) is 7. The number of imidazole rings is 1. The minimum atomic E-state index is 0.609. The molecule has 3 heterocycles. The van der Waals surface area contributed by atoms with Crippen LogP contribution in [0.2, 0.25) is 5.02 Å². The largest absolute Gasteiger partial charge is 0.378 e. The molecule has 9 heteroatoms. The molecule has 0 unspecified atom stereocenters. The van der Waals surface area contributed by atoms with Crippen LogP contribution in [-0.4, -0.2) is 45.8 Å². The van der Waals surface area contributed by atoms with Crippen molar-refractivity contribution in [3.63, 3.8) is 0 Å². The summed E-state index contributed by atoms with van der Waals surface area (Å²) in [5, 5.41) is 7.21. The van der Waals surface area contributed by atoms with Crippen LogP contribution in [0.3, 0.4) is 0 Å². The van der Waals surface area contributed by atoms with E-state index in [0.29, 0.717) is 22.6 Å². The molecule has 1 saturated heterocycles. The number of ether oxygens (including phenoxy) is 1. The van der Waals surface area contributed by atoms with Crippen LogP contribution in [0.5, 0.6) is 0 Å². The maximum absolute atomic E-state index is 6.27. The van der Waals surface area contributed by atoms with Crippen molar-refractivity contribution in [1.29, 1.82) is 0 Å². The van der Waals surface area contributed by atoms with Gasteiger partial charge in [0, 0.05) is 42.9 Å². The Bertz CT molecular complexity index is 1190. The van der Waals surface area contributed by atoms with E-state index in [1.165, 1.54) is 12.0 Å². The third kappa shape index (κ3) is 4.51. The second-order valence-corrected chi connectivity index (χ2v) is 7.67. The fourth-order valence-electron chi connectivity index (χ4n) is 3.54. The second-order valence-electron chi connectivity index (χ2n) is 7.26. The van der Waals surface area contributed by atoms with Crippen molar-refractivity contribution in [3.05, 3.63) is 78.3 Å². The molecule has 4 aromatic rings. The lowest BCUT2D eigenvalue weighted by atomic mass is 10.2. The fraction of sp³-hybridized carbons (Fsp3) is 0.174. The Balaban J connectivity index is 1.32. The van der Waals surface area contributed by atoms with Gasteiger partial charge in [-0.3, -0.25) is 4.57 Å². The molecular formula is C23H22ClN7O. The summed E-state index contributed by atoms with van der Waals surface area (Å²) in [6, 6.07) is 17.7. The zero-order chi connectivity index (χ0) is 21.8. The lowest BCUT2D eigenvalue weighted by molar-refractivity contribution is 0.122. The number of hydrogen-bond donors (Lipinski definition) is 2. The summed E-state index contributed by atoms with van der Waals surface area (Å²) in [5.41, 5.74) is 2.91. The van der Waals surface area contributed by atoms with Gasteiger partial charge in [-0.1, -0.05) is 23.7 Å². The number of nitrogens with one attached hydrogen (secondary N) is 2. The average Bonchev–Trinajstić information content (AvgIpc) is 3.30. The van der Waals surface area contributed by atoms with Crippen molar-refractivity contribution in [1.82, 2.24) is 19.5 Å². The Morgan fingerprint density at radius 2 is 1.72 bits per heavy atom. The number of benzene rings is 2. The van der Waals surface area contributed by atoms with E-state index < -0.39 is 0 Å². The quantitative estimate of drug-likeness (QED) is 0.445. The molecule has 32 heavy (non-hydrogen) atoms. The summed E-state index contributed by atoms with van der Waals surface area (Å²) in [4.78, 5) is 15.5. The predicted octanol–water partition coefficient (Wildman–Crippen LogP) is 4.64. The van der Waals surface area contributed by atoms with Gasteiger partial charge in [-0.25, -0.2) is 15.0 Å². The van der Waals surface area contributed by atoms with Crippen LogP contribution >= 0.6 is 11.6 Å². The van der Waals surface area contributed by atoms with E-state index in [1.807, 2.05) is 53.2 Å². The third-order valence-electron chi connectivity index (χ3n) is 5.18. The van der Waals surface area contributed by atoms with E-state index in [4.69, 9.17) is 16.3 Å². The zero-order valence-corrected chi connectivity index (χ0v) is 18.0. The molecule has 2 aromatic carbocycles. The maximum atomic E-state index is 6.27. The Hall–Kier alpha value is -3.62. The highest BCUT2D eigenvalue weighted by Gasteiger charge is 2.12. The minimum Gasteiger partial charge on any atom is -0.378 e. The van der Waals surface area contributed by atoms with E-state index in [-0.39, 0.29) is 0 Å². The van der Waals surface area contributed by atoms with Crippen LogP contribution in [0.25, 0.3) is 5.82 Å². The van der Waals surface area contributed by atoms with Gasteiger partial charge in [-0.05, 0) is 36.4 Å². The monoisotopic (exact) mass is 447 g/mol. The van der Waals surface area contributed by atoms with E-state index in [9.17, 15) is 0 Å². The lowest BCUT2D eigenvalue weighted by Gasteiger charge is -2.28. The van der Waals surface area contributed by atoms with Gasteiger partial charge < -0.3 is 20.3 Å². The van der Waals surface area contributed by atoms with E-state index in [0.717, 1.165) is 37.7 Å². The number of aromatic nitrogens is 4. The molecule has 0 bridgehead atoms. The van der Waals surface area contributed by atoms with Gasteiger partial charge in [-0.2, -0.15) is 0 Å². The lowest BCUT2D eigenvalue weighted by Crippen LogP contribution is -2.36. The number of nitrogens with zero attached hydrogens (tertiary/aromatic N) is 5. The van der Waals surface area contributed by atoms with Gasteiger partial charge in [0.1, 0.15) is 18.0 Å². The Morgan fingerprint density at radius 3 is 2.53 bits per heavy atom. The van der Waals surface area contributed by atoms with E-state index >= 15 is 0 Å². The molecule has 8 nitrogen and oxygen atoms in total. The molecule has 0 saturated carbocycles. The molecular weight excluding hydrogens is 426 g/mol. The van der Waals surface area contributed by atoms with Crippen LogP contribution < -0.4 is 15.5 Å². The van der Waals surface area contributed by atoms with Crippen LogP contribution in [0.4, 0.5) is 28.8 Å². The number of anilines is 5. The molecule has 1 fully saturated rings. The van der Waals surface area contributed by atoms with Crippen molar-refractivity contribution < 1.29 is 4.74 Å². The number of para-hydroxylation sites is 1. The first-order valence-corrected chi connectivity index (χ1v) is 10.7. The van der Waals surface area contributed by atoms with E-state index in [1.54, 1.807) is 6.20 Å². The van der Waals surface area contributed by atoms with Crippen molar-refractivity contribution in [2.75, 3.05) is 41.8 Å². The first-order valence-electron chi connectivity index (χ1n) is 10.3. The summed E-state index contributed by atoms with van der Waals surface area (Å²) in [6.45, 7) is 3.37. The molecule has 5 rings (SSSR count). The summed E-state index contributed by atoms with van der Waals surface area (Å²) in [6.07, 6.45) is 5.07. The van der Waals surface area contributed by atoms with Crippen molar-refractivity contribution in [3.8, 4) is 5.82 Å². The SMILES string of the molecule is Clc1ccccc1Nc1nccn1-c1cc(Nc2ccc(N3CCOCC3)cc2)ncn1. The molecule has 0 spiro atoms. The van der Waals surface area contributed by atoms with Gasteiger partial charge in [0.15, 0.2) is 0 Å². The Kier molecular flexibility index (Phi) is 5.87. The van der Waals surface area contributed by atoms with Gasteiger partial charge in [0.2, 0.25) is 5.95 Å². The number of rotatable bonds is 6. The second kappa shape index (κ2) is 9.25. The molecule has 162 valence electrons. The normalized spacial score (nSPS) is 13.7. The van der Waals surface area contributed by atoms with Crippen LogP contribution in [0.1, 0.15) is 0 Å². The predicted molar refractivity (Wildman–Crippen MR) is 127 cm³/mol. The van der Waals surface area contributed by atoms with Crippen molar-refractivity contribution in [2.45, 2.75) is 0 Å². The average molecular weight is 448 g/mol. The topological polar surface area (TPSA) is 80.1 Å². The highest BCUT2D eigenvalue weighted by Crippen LogP contribution is 2.26. The van der Waals surface area contributed by atoms with Crippen molar-refractivity contribution >= 4 is 40.4 Å². The van der Waals surface area contributed by atoms with Crippen LogP contribution in [-0.2, 0) is 4.74 Å². The summed E-state index contributed by atoms with van der Waals surface area (Å²) < 4.78 is 7.27. The zero-order valence-electron chi connectivity index (χ0n) is 17.3. The van der Waals surface area contributed by atoms with Gasteiger partial charge in [-0.15, -0.1) is 0 Å². The minimum absolute atomic E-state index is 0.609. The molecule has 0 radical (unpaired) electrons. The molecule has 0 atom stereocenters. The van der Waals surface area contributed by atoms with Gasteiger partial charge >= 0.3 is 0 Å². The molecule has 0 amide bonds. The van der Waals surface area contributed by atoms with Crippen LogP contribution in [0, 0.1) is 0 Å². The van der Waals surface area contributed by atoms with Gasteiger partial charge in [0.05, 0.1) is 23.9 Å². The first kappa shape index (κ1) is 20.3. The fourth-order valence-corrected chi connectivity index (χ4v) is 3.72. The highest BCUT2D eigenvalue weighted by molar-refractivity contribution is 6.33. The summed E-state index contributed by atoms with van der Waals surface area (Å²) in [5.74, 6) is 1.98. The molecule has 0 aliphatic carbocycles. The van der Waals surface area contributed by atoms with Gasteiger partial charge in [0.25, 0.3) is 0 Å². The van der Waals surface area contributed by atoms with E-state index in [2.05, 4.69) is 42.6 Å². The summed E-state index contributed by atoms with van der Waals surface area (Å²) >= 11 is 6.27. The van der Waals surface area contributed by atoms with Crippen LogP contribution in [0.15, 0.2) is 73.3 Å². The Labute approximate surface area is 190 Å². The first-order chi connectivity index (χ1) is 15.8. The Morgan fingerprint density at radius 1 is 0.906 bits per heavy atom. The smallest absolute Gasteiger partial charge is 0.213 e. The number of morpholine rings is 1. The highest BCUT2D eigenvalue weighted by atomic mass is 35.5. The third-order valence-corrected chi connectivity index (χ3v) is 5.51. The molecule has 1 aliphatic rings. The summed E-state index contributed by atoms with van der Waals surface area (Å²) in [7, 11) is 0. The molecule has 2 N–H and O–H groups in total.